The maximum absolute atomic E-state index is 11.8. The Balaban J connectivity index is 2.59. The highest BCUT2D eigenvalue weighted by Gasteiger charge is 2.14. The van der Waals surface area contributed by atoms with Crippen LogP contribution in [0.25, 0.3) is 11.1 Å². The Morgan fingerprint density at radius 2 is 1.75 bits per heavy atom. The molecule has 0 aliphatic rings. The summed E-state index contributed by atoms with van der Waals surface area (Å²) in [6.07, 6.45) is 0. The summed E-state index contributed by atoms with van der Waals surface area (Å²) in [4.78, 5) is 14.5. The van der Waals surface area contributed by atoms with Crippen molar-refractivity contribution in [1.29, 1.82) is 5.26 Å². The molecule has 0 unspecified atom stereocenters. The first-order valence-electron chi connectivity index (χ1n) is 6.58. The molecule has 1 heterocycles. The fourth-order valence-electron chi connectivity index (χ4n) is 2.18. The zero-order valence-corrected chi connectivity index (χ0v) is 12.2. The number of H-pyrrole nitrogens is 1. The fourth-order valence-corrected chi connectivity index (χ4v) is 2.18. The first-order valence-corrected chi connectivity index (χ1v) is 6.58. The Hall–Kier alpha value is -2.34. The number of hydrogen-bond acceptors (Lipinski definition) is 2. The van der Waals surface area contributed by atoms with Crippen molar-refractivity contribution >= 4 is 0 Å². The van der Waals surface area contributed by atoms with Gasteiger partial charge in [-0.25, -0.2) is 0 Å². The molecule has 0 radical (unpaired) electrons. The van der Waals surface area contributed by atoms with Gasteiger partial charge in [-0.15, -0.1) is 0 Å². The number of pyridine rings is 1. The third-order valence-electron chi connectivity index (χ3n) is 3.34. The minimum absolute atomic E-state index is 0.0840. The Bertz CT molecular complexity index is 726. The second-order valence-electron chi connectivity index (χ2n) is 6.01. The molecule has 0 spiro atoms. The van der Waals surface area contributed by atoms with Gasteiger partial charge in [0.25, 0.3) is 5.56 Å². The van der Waals surface area contributed by atoms with E-state index in [1.807, 2.05) is 43.3 Å². The van der Waals surface area contributed by atoms with E-state index in [2.05, 4.69) is 25.8 Å². The lowest BCUT2D eigenvalue weighted by atomic mass is 9.86. The van der Waals surface area contributed by atoms with Crippen LogP contribution in [0.2, 0.25) is 0 Å². The number of rotatable bonds is 1. The quantitative estimate of drug-likeness (QED) is 0.858. The van der Waals surface area contributed by atoms with Crippen molar-refractivity contribution in [3.63, 3.8) is 0 Å². The molecule has 0 aliphatic heterocycles. The van der Waals surface area contributed by atoms with Crippen LogP contribution >= 0.6 is 0 Å². The van der Waals surface area contributed by atoms with Crippen molar-refractivity contribution in [2.45, 2.75) is 33.1 Å². The van der Waals surface area contributed by atoms with Crippen molar-refractivity contribution in [2.75, 3.05) is 0 Å². The smallest absolute Gasteiger partial charge is 0.266 e. The number of nitrogens with zero attached hydrogens (tertiary/aromatic N) is 1. The zero-order valence-electron chi connectivity index (χ0n) is 12.2. The zero-order chi connectivity index (χ0) is 14.9. The number of benzene rings is 1. The minimum Gasteiger partial charge on any atom is -0.325 e. The summed E-state index contributed by atoms with van der Waals surface area (Å²) in [5, 5.41) is 9.17. The second kappa shape index (κ2) is 4.97. The van der Waals surface area contributed by atoms with Gasteiger partial charge in [-0.3, -0.25) is 4.79 Å². The Kier molecular flexibility index (Phi) is 3.50. The maximum Gasteiger partial charge on any atom is 0.266 e. The summed E-state index contributed by atoms with van der Waals surface area (Å²) in [7, 11) is 0. The predicted octanol–water partition coefficient (Wildman–Crippen LogP) is 3.52. The molecule has 1 N–H and O–H groups in total. The van der Waals surface area contributed by atoms with Crippen LogP contribution in [0.5, 0.6) is 0 Å². The highest BCUT2D eigenvalue weighted by Crippen LogP contribution is 2.27. The maximum atomic E-state index is 11.8. The molecule has 0 bridgehead atoms. The Labute approximate surface area is 118 Å². The van der Waals surface area contributed by atoms with E-state index >= 15 is 0 Å². The molecule has 20 heavy (non-hydrogen) atoms. The summed E-state index contributed by atoms with van der Waals surface area (Å²) < 4.78 is 0. The van der Waals surface area contributed by atoms with Crippen LogP contribution in [0.4, 0.5) is 0 Å². The molecular formula is C17H18N2O. The van der Waals surface area contributed by atoms with E-state index in [-0.39, 0.29) is 16.5 Å². The summed E-state index contributed by atoms with van der Waals surface area (Å²) in [5.74, 6) is 0. The van der Waals surface area contributed by atoms with Crippen LogP contribution < -0.4 is 5.56 Å². The second-order valence-corrected chi connectivity index (χ2v) is 6.01. The highest BCUT2D eigenvalue weighted by molar-refractivity contribution is 5.70. The molecule has 1 aromatic carbocycles. The largest absolute Gasteiger partial charge is 0.325 e. The van der Waals surface area contributed by atoms with Gasteiger partial charge in [-0.1, -0.05) is 45.0 Å². The minimum atomic E-state index is -0.331. The van der Waals surface area contributed by atoms with E-state index in [0.29, 0.717) is 5.56 Å². The van der Waals surface area contributed by atoms with Gasteiger partial charge >= 0.3 is 0 Å². The summed E-state index contributed by atoms with van der Waals surface area (Å²) in [6, 6.07) is 11.9. The van der Waals surface area contributed by atoms with E-state index in [1.54, 1.807) is 0 Å². The van der Waals surface area contributed by atoms with Gasteiger partial charge in [0.1, 0.15) is 11.6 Å². The van der Waals surface area contributed by atoms with Crippen LogP contribution in [-0.2, 0) is 5.41 Å². The summed E-state index contributed by atoms with van der Waals surface area (Å²) >= 11 is 0. The van der Waals surface area contributed by atoms with Gasteiger partial charge in [0.15, 0.2) is 0 Å². The van der Waals surface area contributed by atoms with E-state index in [0.717, 1.165) is 11.3 Å². The van der Waals surface area contributed by atoms with Gasteiger partial charge in [0.2, 0.25) is 0 Å². The number of aromatic amines is 1. The van der Waals surface area contributed by atoms with Crippen molar-refractivity contribution in [1.82, 2.24) is 4.98 Å². The lowest BCUT2D eigenvalue weighted by Gasteiger charge is -2.19. The molecule has 3 nitrogen and oxygen atoms in total. The molecule has 102 valence electrons. The van der Waals surface area contributed by atoms with E-state index < -0.39 is 0 Å². The van der Waals surface area contributed by atoms with E-state index in [9.17, 15) is 4.79 Å². The molecular weight excluding hydrogens is 248 g/mol. The first-order chi connectivity index (χ1) is 9.32. The van der Waals surface area contributed by atoms with Gasteiger partial charge in [0.05, 0.1) is 0 Å². The van der Waals surface area contributed by atoms with E-state index in [1.165, 1.54) is 5.56 Å². The Morgan fingerprint density at radius 1 is 1.15 bits per heavy atom. The highest BCUT2D eigenvalue weighted by atomic mass is 16.1. The molecule has 1 aromatic heterocycles. The van der Waals surface area contributed by atoms with Crippen molar-refractivity contribution in [2.24, 2.45) is 0 Å². The molecule has 0 fully saturated rings. The average Bonchev–Trinajstić information content (AvgIpc) is 2.37. The van der Waals surface area contributed by atoms with E-state index in [4.69, 9.17) is 5.26 Å². The molecule has 0 saturated heterocycles. The van der Waals surface area contributed by atoms with Gasteiger partial charge in [-0.2, -0.15) is 5.26 Å². The average molecular weight is 266 g/mol. The third kappa shape index (κ3) is 2.65. The topological polar surface area (TPSA) is 56.6 Å². The van der Waals surface area contributed by atoms with Crippen molar-refractivity contribution in [3.8, 4) is 17.2 Å². The van der Waals surface area contributed by atoms with Gasteiger partial charge < -0.3 is 4.98 Å². The predicted molar refractivity (Wildman–Crippen MR) is 80.7 cm³/mol. The lowest BCUT2D eigenvalue weighted by molar-refractivity contribution is 0.590. The third-order valence-corrected chi connectivity index (χ3v) is 3.34. The van der Waals surface area contributed by atoms with Crippen molar-refractivity contribution in [3.05, 3.63) is 57.5 Å². The SMILES string of the molecule is Cc1cc(-c2ccc(C(C)(C)C)cc2)c(C#N)c(=O)[nH]1. The fraction of sp³-hybridized carbons (Fsp3) is 0.294. The standard InChI is InChI=1S/C17H18N2O/c1-11-9-14(15(10-18)16(20)19-11)12-5-7-13(8-6-12)17(2,3)4/h5-9H,1-4H3,(H,19,20). The van der Waals surface area contributed by atoms with Crippen LogP contribution in [0.3, 0.4) is 0 Å². The summed E-state index contributed by atoms with van der Waals surface area (Å²) in [6.45, 7) is 8.27. The number of hydrogen-bond donors (Lipinski definition) is 1. The molecule has 2 rings (SSSR count). The monoisotopic (exact) mass is 266 g/mol. The first kappa shape index (κ1) is 14.1. The molecule has 0 aliphatic carbocycles. The number of aromatic nitrogens is 1. The van der Waals surface area contributed by atoms with Crippen molar-refractivity contribution < 1.29 is 0 Å². The lowest BCUT2D eigenvalue weighted by Crippen LogP contribution is -2.13. The molecule has 0 amide bonds. The van der Waals surface area contributed by atoms with Crippen LogP contribution in [-0.4, -0.2) is 4.98 Å². The number of nitrogens with one attached hydrogen (secondary N) is 1. The van der Waals surface area contributed by atoms with Gasteiger partial charge in [0, 0.05) is 11.3 Å². The van der Waals surface area contributed by atoms with Crippen LogP contribution in [0.1, 0.15) is 37.6 Å². The molecule has 0 saturated carbocycles. The number of nitriles is 1. The number of aryl methyl sites for hydroxylation is 1. The van der Waals surface area contributed by atoms with Gasteiger partial charge in [-0.05, 0) is 29.5 Å². The normalized spacial score (nSPS) is 11.2. The van der Waals surface area contributed by atoms with Crippen LogP contribution in [0, 0.1) is 18.3 Å². The van der Waals surface area contributed by atoms with Crippen LogP contribution in [0.15, 0.2) is 35.1 Å². The Morgan fingerprint density at radius 3 is 2.25 bits per heavy atom. The molecule has 0 atom stereocenters. The summed E-state index contributed by atoms with van der Waals surface area (Å²) in [5.41, 5.74) is 3.48. The molecule has 3 heteroatoms. The molecule has 2 aromatic rings.